The number of carbonyl (C=O) groups excluding carboxylic acids is 2. The van der Waals surface area contributed by atoms with E-state index in [1.807, 2.05) is 0 Å². The molecule has 228 valence electrons. The Morgan fingerprint density at radius 1 is 1.05 bits per heavy atom. The number of aliphatic carboxylic acids is 1. The zero-order chi connectivity index (χ0) is 30.7. The average Bonchev–Trinajstić information content (AvgIpc) is 3.10. The quantitative estimate of drug-likeness (QED) is 0.269. The Balaban J connectivity index is 1.79. The first-order valence-electron chi connectivity index (χ1n) is 15.3. The molecule has 0 aromatic carbocycles. The number of carboxylic acids is 1. The lowest BCUT2D eigenvalue weighted by Gasteiger charge is -2.61. The highest BCUT2D eigenvalue weighted by Crippen LogP contribution is 2.72. The Kier molecular flexibility index (Phi) is 8.22. The van der Waals surface area contributed by atoms with E-state index in [1.165, 1.54) is 25.0 Å². The van der Waals surface area contributed by atoms with Gasteiger partial charge in [0.1, 0.15) is 12.2 Å². The fraction of sp³-hybridized carbons (Fsp3) is 0.735. The van der Waals surface area contributed by atoms with Gasteiger partial charge in [-0.05, 0) is 84.2 Å². The summed E-state index contributed by atoms with van der Waals surface area (Å²) in [5.41, 5.74) is 1.79. The summed E-state index contributed by atoms with van der Waals surface area (Å²) in [7, 11) is 0. The van der Waals surface area contributed by atoms with Crippen LogP contribution in [0.25, 0.3) is 0 Å². The van der Waals surface area contributed by atoms with Crippen LogP contribution in [0, 0.1) is 39.4 Å². The smallest absolute Gasteiger partial charge is 0.330 e. The molecule has 2 saturated carbocycles. The van der Waals surface area contributed by atoms with Gasteiger partial charge in [-0.1, -0.05) is 59.8 Å². The SMILES string of the molecule is CC(=O)O[C@@H](C/C=C(/C)C(=O)O)[C@@H](C)[C@H]1C[C@H](OC(C)=O)[C@@]2(C)C3=CC[C@H]4C(C)(C)[C@@H](O)CC[C@]4(C)C3=CC[C@]12C. The number of hydrogen-bond donors (Lipinski definition) is 2. The lowest BCUT2D eigenvalue weighted by atomic mass is 9.44. The number of carboxylic acid groups (broad SMARTS) is 1. The normalized spacial score (nSPS) is 39.2. The summed E-state index contributed by atoms with van der Waals surface area (Å²) in [6.07, 6.45) is 9.52. The van der Waals surface area contributed by atoms with Gasteiger partial charge in [0.2, 0.25) is 0 Å². The monoisotopic (exact) mass is 570 g/mol. The van der Waals surface area contributed by atoms with E-state index in [2.05, 4.69) is 53.7 Å². The molecule has 0 aliphatic heterocycles. The lowest BCUT2D eigenvalue weighted by Crippen LogP contribution is -2.56. The average molecular weight is 571 g/mol. The first-order chi connectivity index (χ1) is 18.9. The van der Waals surface area contributed by atoms with Gasteiger partial charge in [-0.2, -0.15) is 0 Å². The van der Waals surface area contributed by atoms with Gasteiger partial charge in [-0.15, -0.1) is 0 Å². The van der Waals surface area contributed by atoms with Crippen LogP contribution in [0.5, 0.6) is 0 Å². The van der Waals surface area contributed by atoms with Crippen molar-refractivity contribution in [2.75, 3.05) is 0 Å². The molecule has 0 unspecified atom stereocenters. The van der Waals surface area contributed by atoms with Crippen LogP contribution in [0.3, 0.4) is 0 Å². The number of carbonyl (C=O) groups is 3. The third kappa shape index (κ3) is 4.90. The highest BCUT2D eigenvalue weighted by Gasteiger charge is 2.68. The van der Waals surface area contributed by atoms with Crippen LogP contribution in [-0.2, 0) is 23.9 Å². The van der Waals surface area contributed by atoms with E-state index in [0.717, 1.165) is 25.7 Å². The van der Waals surface area contributed by atoms with E-state index in [4.69, 9.17) is 9.47 Å². The Hall–Kier alpha value is -2.41. The van der Waals surface area contributed by atoms with Gasteiger partial charge >= 0.3 is 17.9 Å². The zero-order valence-corrected chi connectivity index (χ0v) is 26.4. The molecular formula is C34H50O7. The molecule has 2 N–H and O–H groups in total. The maximum absolute atomic E-state index is 12.5. The van der Waals surface area contributed by atoms with E-state index >= 15 is 0 Å². The van der Waals surface area contributed by atoms with Crippen molar-refractivity contribution in [1.82, 2.24) is 0 Å². The molecule has 0 aromatic heterocycles. The van der Waals surface area contributed by atoms with E-state index in [0.29, 0.717) is 18.8 Å². The van der Waals surface area contributed by atoms with Gasteiger partial charge in [0.15, 0.2) is 0 Å². The lowest BCUT2D eigenvalue weighted by molar-refractivity contribution is -0.153. The Labute approximate surface area is 245 Å². The van der Waals surface area contributed by atoms with Gasteiger partial charge in [-0.3, -0.25) is 9.59 Å². The van der Waals surface area contributed by atoms with Crippen LogP contribution < -0.4 is 0 Å². The molecule has 0 aromatic rings. The van der Waals surface area contributed by atoms with Crippen LogP contribution in [0.2, 0.25) is 0 Å². The molecule has 7 nitrogen and oxygen atoms in total. The van der Waals surface area contributed by atoms with Crippen LogP contribution in [-0.4, -0.2) is 46.4 Å². The first kappa shape index (κ1) is 31.5. The number of ether oxygens (including phenoxy) is 2. The van der Waals surface area contributed by atoms with Gasteiger partial charge in [0, 0.05) is 31.3 Å². The highest BCUT2D eigenvalue weighted by atomic mass is 16.5. The second kappa shape index (κ2) is 10.7. The first-order valence-corrected chi connectivity index (χ1v) is 15.3. The molecule has 4 aliphatic rings. The molecule has 41 heavy (non-hydrogen) atoms. The van der Waals surface area contributed by atoms with Crippen LogP contribution in [0.4, 0.5) is 0 Å². The molecule has 0 radical (unpaired) electrons. The number of rotatable bonds is 7. The molecule has 0 bridgehead atoms. The van der Waals surface area contributed by atoms with Crippen molar-refractivity contribution < 1.29 is 34.1 Å². The number of fused-ring (bicyclic) bond motifs is 5. The molecule has 2 fully saturated rings. The van der Waals surface area contributed by atoms with Crippen molar-refractivity contribution in [3.63, 3.8) is 0 Å². The Morgan fingerprint density at radius 2 is 1.71 bits per heavy atom. The molecule has 0 heterocycles. The number of allylic oxidation sites excluding steroid dienone is 3. The topological polar surface area (TPSA) is 110 Å². The van der Waals surface area contributed by atoms with Gasteiger partial charge in [-0.25, -0.2) is 4.79 Å². The van der Waals surface area contributed by atoms with E-state index in [9.17, 15) is 24.6 Å². The van der Waals surface area contributed by atoms with Gasteiger partial charge in [0.05, 0.1) is 6.10 Å². The third-order valence-electron chi connectivity index (χ3n) is 12.2. The van der Waals surface area contributed by atoms with Crippen LogP contribution in [0.15, 0.2) is 34.9 Å². The number of hydrogen-bond acceptors (Lipinski definition) is 6. The zero-order valence-electron chi connectivity index (χ0n) is 26.4. The summed E-state index contributed by atoms with van der Waals surface area (Å²) in [5, 5.41) is 20.3. The standard InChI is InChI=1S/C34H50O7/c1-19(30(38)39)10-12-26(40-21(3)35)20(2)25-18-29(41-22(4)36)34(9)24-11-13-27-31(5,6)28(37)15-16-32(27,7)23(24)14-17-33(25,34)8/h10-11,14,20,25-29,37H,12-13,15-18H2,1-9H3,(H,38,39)/b19-10-/t20-,25+,26-,27-,28-,29-,32+,33+,34+/m0/s1. The van der Waals surface area contributed by atoms with Gasteiger partial charge < -0.3 is 19.7 Å². The van der Waals surface area contributed by atoms with Crippen molar-refractivity contribution in [3.05, 3.63) is 34.9 Å². The summed E-state index contributed by atoms with van der Waals surface area (Å²) in [6.45, 7) is 17.8. The van der Waals surface area contributed by atoms with E-state index < -0.39 is 23.5 Å². The fourth-order valence-electron chi connectivity index (χ4n) is 9.43. The molecule has 0 amide bonds. The molecule has 9 atom stereocenters. The molecule has 7 heteroatoms. The second-order valence-corrected chi connectivity index (χ2v) is 14.5. The van der Waals surface area contributed by atoms with Crippen LogP contribution >= 0.6 is 0 Å². The van der Waals surface area contributed by atoms with Crippen molar-refractivity contribution in [3.8, 4) is 0 Å². The molecule has 4 rings (SSSR count). The maximum Gasteiger partial charge on any atom is 0.330 e. The summed E-state index contributed by atoms with van der Waals surface area (Å²) >= 11 is 0. The summed E-state index contributed by atoms with van der Waals surface area (Å²) in [4.78, 5) is 36.1. The van der Waals surface area contributed by atoms with E-state index in [1.54, 1.807) is 13.0 Å². The third-order valence-corrected chi connectivity index (χ3v) is 12.2. The number of aliphatic hydroxyl groups is 1. The molecule has 4 aliphatic carbocycles. The summed E-state index contributed by atoms with van der Waals surface area (Å²) in [6, 6.07) is 0. The minimum absolute atomic E-state index is 0.0496. The Morgan fingerprint density at radius 3 is 2.29 bits per heavy atom. The minimum Gasteiger partial charge on any atom is -0.478 e. The van der Waals surface area contributed by atoms with Crippen molar-refractivity contribution in [1.29, 1.82) is 0 Å². The maximum atomic E-state index is 12.5. The van der Waals surface area contributed by atoms with Crippen LogP contribution in [0.1, 0.15) is 101 Å². The Bertz CT molecular complexity index is 1190. The predicted molar refractivity (Wildman–Crippen MR) is 157 cm³/mol. The largest absolute Gasteiger partial charge is 0.478 e. The molecule has 0 spiro atoms. The minimum atomic E-state index is -0.992. The van der Waals surface area contributed by atoms with Crippen molar-refractivity contribution >= 4 is 17.9 Å². The molecular weight excluding hydrogens is 520 g/mol. The number of aliphatic hydroxyl groups excluding tert-OH is 1. The fourth-order valence-corrected chi connectivity index (χ4v) is 9.43. The second-order valence-electron chi connectivity index (χ2n) is 14.5. The van der Waals surface area contributed by atoms with Crippen molar-refractivity contribution in [2.24, 2.45) is 39.4 Å². The number of esters is 2. The summed E-state index contributed by atoms with van der Waals surface area (Å²) < 4.78 is 12.0. The summed E-state index contributed by atoms with van der Waals surface area (Å²) in [5.74, 6) is -1.44. The van der Waals surface area contributed by atoms with Gasteiger partial charge in [0.25, 0.3) is 0 Å². The van der Waals surface area contributed by atoms with Crippen molar-refractivity contribution in [2.45, 2.75) is 119 Å². The highest BCUT2D eigenvalue weighted by molar-refractivity contribution is 5.85. The van der Waals surface area contributed by atoms with E-state index in [-0.39, 0.29) is 51.8 Å². The molecule has 0 saturated heterocycles. The predicted octanol–water partition coefficient (Wildman–Crippen LogP) is 6.40.